The molecule has 3 nitrogen and oxygen atoms in total. The van der Waals surface area contributed by atoms with Crippen molar-refractivity contribution >= 4 is 0 Å². The second-order valence-electron chi connectivity index (χ2n) is 0.961. The maximum Gasteiger partial charge on any atom is 0.263 e. The molecule has 0 fully saturated rings. The number of rotatable bonds is 2. The Morgan fingerprint density at radius 1 is 1.62 bits per heavy atom. The zero-order chi connectivity index (χ0) is 6.57. The molecule has 0 aliphatic rings. The molecule has 0 aliphatic heterocycles. The van der Waals surface area contributed by atoms with E-state index in [0.717, 1.165) is 0 Å². The third kappa shape index (κ3) is 5.00. The van der Waals surface area contributed by atoms with E-state index >= 15 is 0 Å². The Balaban J connectivity index is 3.50. The van der Waals surface area contributed by atoms with Crippen LogP contribution < -0.4 is 0 Å². The summed E-state index contributed by atoms with van der Waals surface area (Å²) in [5.74, 6) is 0. The van der Waals surface area contributed by atoms with Crippen molar-refractivity contribution in [2.75, 3.05) is 0 Å². The normalized spacial score (nSPS) is 10.9. The van der Waals surface area contributed by atoms with Crippen LogP contribution in [0, 0.1) is 10.1 Å². The summed E-state index contributed by atoms with van der Waals surface area (Å²) in [6.45, 7) is 0. The third-order valence-electron chi connectivity index (χ3n) is 0.353. The van der Waals surface area contributed by atoms with E-state index in [1.54, 1.807) is 0 Å². The highest BCUT2D eigenvalue weighted by molar-refractivity contribution is 4.74. The van der Waals surface area contributed by atoms with Crippen molar-refractivity contribution < 1.29 is 13.7 Å². The van der Waals surface area contributed by atoms with E-state index in [1.807, 2.05) is 0 Å². The number of nitrogens with zero attached hydrogens (tertiary/aromatic N) is 1. The summed E-state index contributed by atoms with van der Waals surface area (Å²) in [6.07, 6.45) is -2.31. The Morgan fingerprint density at radius 2 is 2.12 bits per heavy atom. The van der Waals surface area contributed by atoms with Crippen molar-refractivity contribution in [3.63, 3.8) is 0 Å². The topological polar surface area (TPSA) is 43.1 Å². The lowest BCUT2D eigenvalue weighted by Gasteiger charge is -1.79. The van der Waals surface area contributed by atoms with Gasteiger partial charge in [0, 0.05) is 0 Å². The SMILES string of the molecule is O=[N+]([O-])/C=C\C(F)F. The highest BCUT2D eigenvalue weighted by Crippen LogP contribution is 1.92. The first-order chi connectivity index (χ1) is 3.63. The van der Waals surface area contributed by atoms with Crippen LogP contribution in [-0.2, 0) is 0 Å². The summed E-state index contributed by atoms with van der Waals surface area (Å²) in [5, 5.41) is 9.29. The molecule has 0 aromatic rings. The minimum Gasteiger partial charge on any atom is -0.259 e. The van der Waals surface area contributed by atoms with Crippen LogP contribution in [0.5, 0.6) is 0 Å². The summed E-state index contributed by atoms with van der Waals surface area (Å²) >= 11 is 0. The van der Waals surface area contributed by atoms with Gasteiger partial charge in [0.25, 0.3) is 6.43 Å². The molecule has 0 amide bonds. The Bertz CT molecular complexity index is 112. The van der Waals surface area contributed by atoms with Gasteiger partial charge in [-0.15, -0.1) is 0 Å². The van der Waals surface area contributed by atoms with Crippen LogP contribution in [0.3, 0.4) is 0 Å². The van der Waals surface area contributed by atoms with Crippen molar-refractivity contribution in [3.05, 3.63) is 22.4 Å². The molecule has 0 saturated heterocycles. The Labute approximate surface area is 43.8 Å². The van der Waals surface area contributed by atoms with E-state index in [0.29, 0.717) is 0 Å². The maximum absolute atomic E-state index is 11.0. The van der Waals surface area contributed by atoms with E-state index < -0.39 is 11.3 Å². The highest BCUT2D eigenvalue weighted by atomic mass is 19.3. The number of alkyl halides is 2. The van der Waals surface area contributed by atoms with E-state index in [1.165, 1.54) is 0 Å². The highest BCUT2D eigenvalue weighted by Gasteiger charge is 1.95. The molecule has 0 N–H and O–H groups in total. The second kappa shape index (κ2) is 3.06. The molecule has 0 rings (SSSR count). The third-order valence-corrected chi connectivity index (χ3v) is 0.353. The monoisotopic (exact) mass is 123 g/mol. The van der Waals surface area contributed by atoms with Crippen molar-refractivity contribution in [1.82, 2.24) is 0 Å². The molecule has 8 heavy (non-hydrogen) atoms. The van der Waals surface area contributed by atoms with E-state index in [9.17, 15) is 18.9 Å². The predicted molar refractivity (Wildman–Crippen MR) is 22.1 cm³/mol. The fourth-order valence-electron chi connectivity index (χ4n) is 0.135. The first kappa shape index (κ1) is 7.00. The summed E-state index contributed by atoms with van der Waals surface area (Å²) < 4.78 is 22.0. The molecule has 0 heterocycles. The summed E-state index contributed by atoms with van der Waals surface area (Å²) in [6, 6.07) is 0. The van der Waals surface area contributed by atoms with Crippen LogP contribution >= 0.6 is 0 Å². The molecular weight excluding hydrogens is 120 g/mol. The Morgan fingerprint density at radius 3 is 2.25 bits per heavy atom. The standard InChI is InChI=1S/C3H3F2NO2/c4-3(5)1-2-6(7)8/h1-3H/b2-1-. The van der Waals surface area contributed by atoms with Gasteiger partial charge in [0.2, 0.25) is 6.20 Å². The number of allylic oxidation sites excluding steroid dienone is 1. The van der Waals surface area contributed by atoms with Gasteiger partial charge in [-0.25, -0.2) is 8.78 Å². The van der Waals surface area contributed by atoms with E-state index in [-0.39, 0.29) is 12.3 Å². The van der Waals surface area contributed by atoms with Crippen LogP contribution in [0.25, 0.3) is 0 Å². The fourth-order valence-corrected chi connectivity index (χ4v) is 0.135. The maximum atomic E-state index is 11.0. The number of hydrogen-bond acceptors (Lipinski definition) is 2. The van der Waals surface area contributed by atoms with Crippen molar-refractivity contribution in [2.24, 2.45) is 0 Å². The molecular formula is C3H3F2NO2. The number of nitro groups is 1. The van der Waals surface area contributed by atoms with Gasteiger partial charge in [-0.2, -0.15) is 0 Å². The van der Waals surface area contributed by atoms with Crippen molar-refractivity contribution in [1.29, 1.82) is 0 Å². The fraction of sp³-hybridized carbons (Fsp3) is 0.333. The molecule has 0 aromatic heterocycles. The number of halogens is 2. The molecule has 5 heteroatoms. The molecule has 0 aromatic carbocycles. The zero-order valence-electron chi connectivity index (χ0n) is 3.75. The van der Waals surface area contributed by atoms with Gasteiger partial charge in [0.15, 0.2) is 0 Å². The average molecular weight is 123 g/mol. The van der Waals surface area contributed by atoms with Crippen LogP contribution in [-0.4, -0.2) is 11.3 Å². The molecule has 0 atom stereocenters. The van der Waals surface area contributed by atoms with Gasteiger partial charge in [-0.3, -0.25) is 10.1 Å². The lowest BCUT2D eigenvalue weighted by atomic mass is 10.6. The van der Waals surface area contributed by atoms with Crippen molar-refractivity contribution in [2.45, 2.75) is 6.43 Å². The lowest BCUT2D eigenvalue weighted by molar-refractivity contribution is -0.403. The van der Waals surface area contributed by atoms with Crippen molar-refractivity contribution in [3.8, 4) is 0 Å². The smallest absolute Gasteiger partial charge is 0.259 e. The molecule has 0 radical (unpaired) electrons. The van der Waals surface area contributed by atoms with Gasteiger partial charge in [-0.05, 0) is 0 Å². The molecule has 0 spiro atoms. The minimum absolute atomic E-state index is 0.208. The quantitative estimate of drug-likeness (QED) is 0.406. The summed E-state index contributed by atoms with van der Waals surface area (Å²) in [5.41, 5.74) is 0. The van der Waals surface area contributed by atoms with Gasteiger partial charge < -0.3 is 0 Å². The predicted octanol–water partition coefficient (Wildman–Crippen LogP) is 1.04. The Hall–Kier alpha value is -1.00. The first-order valence-electron chi connectivity index (χ1n) is 1.73. The van der Waals surface area contributed by atoms with E-state index in [2.05, 4.69) is 0 Å². The van der Waals surface area contributed by atoms with Crippen LogP contribution in [0.1, 0.15) is 0 Å². The lowest BCUT2D eigenvalue weighted by Crippen LogP contribution is -1.87. The van der Waals surface area contributed by atoms with Crippen LogP contribution in [0.4, 0.5) is 8.78 Å². The average Bonchev–Trinajstić information content (AvgIpc) is 1.61. The summed E-state index contributed by atoms with van der Waals surface area (Å²) in [7, 11) is 0. The van der Waals surface area contributed by atoms with Gasteiger partial charge >= 0.3 is 0 Å². The molecule has 0 bridgehead atoms. The molecule has 46 valence electrons. The van der Waals surface area contributed by atoms with Gasteiger partial charge in [0.1, 0.15) is 0 Å². The largest absolute Gasteiger partial charge is 0.263 e. The first-order valence-corrected chi connectivity index (χ1v) is 1.73. The van der Waals surface area contributed by atoms with Crippen LogP contribution in [0.15, 0.2) is 12.3 Å². The van der Waals surface area contributed by atoms with Gasteiger partial charge in [0.05, 0.1) is 11.0 Å². The molecule has 0 unspecified atom stereocenters. The molecule has 0 aliphatic carbocycles. The van der Waals surface area contributed by atoms with E-state index in [4.69, 9.17) is 0 Å². The molecule has 0 saturated carbocycles. The van der Waals surface area contributed by atoms with Gasteiger partial charge in [-0.1, -0.05) is 0 Å². The van der Waals surface area contributed by atoms with Crippen LogP contribution in [0.2, 0.25) is 0 Å². The zero-order valence-corrected chi connectivity index (χ0v) is 3.75. The second-order valence-corrected chi connectivity index (χ2v) is 0.961. The summed E-state index contributed by atoms with van der Waals surface area (Å²) in [4.78, 5) is 8.35. The Kier molecular flexibility index (Phi) is 2.68. The minimum atomic E-state index is -2.74. The number of hydrogen-bond donors (Lipinski definition) is 0.